The summed E-state index contributed by atoms with van der Waals surface area (Å²) in [6, 6.07) is 33.3. The zero-order valence-electron chi connectivity index (χ0n) is 27.6. The summed E-state index contributed by atoms with van der Waals surface area (Å²) in [6.07, 6.45) is -4.77. The summed E-state index contributed by atoms with van der Waals surface area (Å²) >= 11 is 0. The first-order valence-electron chi connectivity index (χ1n) is 15.9. The van der Waals surface area contributed by atoms with E-state index in [1.807, 2.05) is 66.7 Å². The molecule has 5 aromatic rings. The normalized spacial score (nSPS) is 11.9. The molecule has 0 aliphatic carbocycles. The molecule has 0 aliphatic heterocycles. The van der Waals surface area contributed by atoms with Crippen LogP contribution in [0.4, 0.5) is 13.2 Å². The second-order valence-electron chi connectivity index (χ2n) is 11.6. The number of nitrogens with zero attached hydrogens (tertiary/aromatic N) is 1. The Labute approximate surface area is 288 Å². The van der Waals surface area contributed by atoms with Gasteiger partial charge in [-0.3, -0.25) is 9.59 Å². The molecule has 1 amide bonds. The van der Waals surface area contributed by atoms with Crippen LogP contribution in [0.2, 0.25) is 0 Å². The van der Waals surface area contributed by atoms with E-state index >= 15 is 0 Å². The van der Waals surface area contributed by atoms with Crippen molar-refractivity contribution in [3.05, 3.63) is 144 Å². The van der Waals surface area contributed by atoms with Gasteiger partial charge in [-0.1, -0.05) is 84.9 Å². The van der Waals surface area contributed by atoms with Crippen LogP contribution in [0.15, 0.2) is 121 Å². The van der Waals surface area contributed by atoms with E-state index in [2.05, 4.69) is 5.32 Å². The third kappa shape index (κ3) is 8.89. The lowest BCUT2D eigenvalue weighted by Gasteiger charge is -2.32. The molecule has 2 N–H and O–H groups in total. The topological polar surface area (TPSA) is 88.1 Å². The number of aliphatic carboxylic acids is 1. The molecule has 0 spiro atoms. The fourth-order valence-corrected chi connectivity index (χ4v) is 5.74. The second kappa shape index (κ2) is 16.2. The van der Waals surface area contributed by atoms with Crippen LogP contribution in [0.1, 0.15) is 39.5 Å². The number of benzene rings is 5. The smallest absolute Gasteiger partial charge is 0.416 e. The number of alkyl halides is 3. The van der Waals surface area contributed by atoms with Gasteiger partial charge in [0.15, 0.2) is 0 Å². The minimum absolute atomic E-state index is 0.177. The number of hydrogen-bond acceptors (Lipinski definition) is 5. The minimum Gasteiger partial charge on any atom is -0.497 e. The summed E-state index contributed by atoms with van der Waals surface area (Å²) < 4.78 is 50.0. The van der Waals surface area contributed by atoms with Gasteiger partial charge in [0.2, 0.25) is 0 Å². The summed E-state index contributed by atoms with van der Waals surface area (Å²) in [5.41, 5.74) is 4.27. The van der Waals surface area contributed by atoms with Crippen molar-refractivity contribution in [1.82, 2.24) is 10.2 Å². The third-order valence-electron chi connectivity index (χ3n) is 8.42. The van der Waals surface area contributed by atoms with Gasteiger partial charge >= 0.3 is 12.1 Å². The van der Waals surface area contributed by atoms with E-state index in [0.29, 0.717) is 46.8 Å². The lowest BCUT2D eigenvalue weighted by atomic mass is 9.97. The van der Waals surface area contributed by atoms with Gasteiger partial charge in [0.25, 0.3) is 5.91 Å². The molecule has 7 nitrogen and oxygen atoms in total. The molecule has 0 saturated heterocycles. The van der Waals surface area contributed by atoms with Crippen molar-refractivity contribution in [2.45, 2.75) is 25.2 Å². The van der Waals surface area contributed by atoms with Crippen LogP contribution in [0.3, 0.4) is 0 Å². The number of ether oxygens (including phenoxy) is 2. The van der Waals surface area contributed by atoms with Crippen molar-refractivity contribution in [2.24, 2.45) is 0 Å². The van der Waals surface area contributed by atoms with Gasteiger partial charge in [-0.15, -0.1) is 0 Å². The van der Waals surface area contributed by atoms with E-state index in [1.165, 1.54) is 12.1 Å². The van der Waals surface area contributed by atoms with E-state index in [9.17, 15) is 27.9 Å². The van der Waals surface area contributed by atoms with Crippen LogP contribution < -0.4 is 14.8 Å². The van der Waals surface area contributed by atoms with Crippen LogP contribution in [0, 0.1) is 0 Å². The number of rotatable bonds is 14. The van der Waals surface area contributed by atoms with Gasteiger partial charge in [-0.05, 0) is 58.1 Å². The van der Waals surface area contributed by atoms with Crippen molar-refractivity contribution in [2.75, 3.05) is 27.3 Å². The lowest BCUT2D eigenvalue weighted by Crippen LogP contribution is -2.40. The van der Waals surface area contributed by atoms with E-state index in [4.69, 9.17) is 9.47 Å². The summed E-state index contributed by atoms with van der Waals surface area (Å²) in [7, 11) is 3.14. The van der Waals surface area contributed by atoms with Gasteiger partial charge in [0, 0.05) is 36.8 Å². The van der Waals surface area contributed by atoms with Crippen LogP contribution in [-0.4, -0.2) is 49.2 Å². The zero-order chi connectivity index (χ0) is 35.7. The van der Waals surface area contributed by atoms with Crippen LogP contribution in [0.25, 0.3) is 22.3 Å². The number of hydrogen-bond donors (Lipinski definition) is 2. The highest BCUT2D eigenvalue weighted by atomic mass is 19.4. The highest BCUT2D eigenvalue weighted by Crippen LogP contribution is 2.32. The Morgan fingerprint density at radius 1 is 0.760 bits per heavy atom. The maximum atomic E-state index is 14.2. The monoisotopic (exact) mass is 682 g/mol. The highest BCUT2D eigenvalue weighted by Gasteiger charge is 2.30. The quantitative estimate of drug-likeness (QED) is 0.114. The first-order valence-corrected chi connectivity index (χ1v) is 15.9. The Kier molecular flexibility index (Phi) is 11.6. The van der Waals surface area contributed by atoms with Gasteiger partial charge < -0.3 is 24.8 Å². The van der Waals surface area contributed by atoms with E-state index in [1.54, 1.807) is 49.5 Å². The van der Waals surface area contributed by atoms with Crippen LogP contribution in [0.5, 0.6) is 11.5 Å². The molecule has 0 aromatic heterocycles. The Hall–Kier alpha value is -5.61. The predicted octanol–water partition coefficient (Wildman–Crippen LogP) is 8.50. The Balaban J connectivity index is 1.41. The number of halogens is 3. The molecule has 0 radical (unpaired) electrons. The molecule has 258 valence electrons. The number of methoxy groups -OCH3 is 2. The number of carboxylic acid groups (broad SMARTS) is 1. The molecule has 0 aliphatic rings. The molecule has 1 atom stereocenters. The molecule has 1 unspecified atom stereocenters. The standard InChI is InChI=1S/C40H37F3N2O5/c1-49-35-21-18-33(37(24-35)50-2)26-44-22-23-45(36(25-38(46)47)31-12-8-28(9-13-31)27-6-4-3-5-7-27)39(48)32-14-10-29(11-15-32)30-16-19-34(20-17-30)40(41,42)43/h3-21,24,36,44H,22-23,25-26H2,1-2H3,(H,46,47). The molecule has 0 bridgehead atoms. The first-order chi connectivity index (χ1) is 24.1. The third-order valence-corrected chi connectivity index (χ3v) is 8.42. The summed E-state index contributed by atoms with van der Waals surface area (Å²) in [4.78, 5) is 28.0. The fraction of sp³-hybridized carbons (Fsp3) is 0.200. The number of carbonyl (C=O) groups is 2. The number of carbonyl (C=O) groups excluding carboxylic acids is 1. The SMILES string of the molecule is COc1ccc(CNCCN(C(=O)c2ccc(-c3ccc(C(F)(F)F)cc3)cc2)C(CC(=O)O)c2ccc(-c3ccccc3)cc2)c(OC)c1. The molecule has 5 aromatic carbocycles. The van der Waals surface area contributed by atoms with Crippen molar-refractivity contribution >= 4 is 11.9 Å². The summed E-state index contributed by atoms with van der Waals surface area (Å²) in [6.45, 7) is 0.936. The maximum absolute atomic E-state index is 14.2. The Morgan fingerprint density at radius 2 is 1.34 bits per heavy atom. The van der Waals surface area contributed by atoms with Crippen LogP contribution in [-0.2, 0) is 17.5 Å². The molecule has 50 heavy (non-hydrogen) atoms. The molecular weight excluding hydrogens is 645 g/mol. The van der Waals surface area contributed by atoms with Crippen molar-refractivity contribution < 1.29 is 37.3 Å². The zero-order valence-corrected chi connectivity index (χ0v) is 27.6. The van der Waals surface area contributed by atoms with E-state index in [-0.39, 0.29) is 18.9 Å². The van der Waals surface area contributed by atoms with Gasteiger partial charge in [-0.25, -0.2) is 0 Å². The molecular formula is C40H37F3N2O5. The predicted molar refractivity (Wildman–Crippen MR) is 186 cm³/mol. The fourth-order valence-electron chi connectivity index (χ4n) is 5.74. The van der Waals surface area contributed by atoms with Crippen LogP contribution >= 0.6 is 0 Å². The highest BCUT2D eigenvalue weighted by molar-refractivity contribution is 5.95. The molecule has 10 heteroatoms. The maximum Gasteiger partial charge on any atom is 0.416 e. The molecule has 0 saturated carbocycles. The van der Waals surface area contributed by atoms with E-state index in [0.717, 1.165) is 28.8 Å². The molecule has 0 fully saturated rings. The van der Waals surface area contributed by atoms with Gasteiger partial charge in [0.1, 0.15) is 11.5 Å². The Bertz CT molecular complexity index is 1880. The second-order valence-corrected chi connectivity index (χ2v) is 11.6. The summed E-state index contributed by atoms with van der Waals surface area (Å²) in [5.74, 6) is -0.151. The average Bonchev–Trinajstić information content (AvgIpc) is 3.14. The van der Waals surface area contributed by atoms with Crippen molar-refractivity contribution in [1.29, 1.82) is 0 Å². The average molecular weight is 683 g/mol. The van der Waals surface area contributed by atoms with E-state index < -0.39 is 23.8 Å². The number of carboxylic acids is 1. The van der Waals surface area contributed by atoms with Crippen molar-refractivity contribution in [3.63, 3.8) is 0 Å². The minimum atomic E-state index is -4.44. The Morgan fingerprint density at radius 3 is 1.90 bits per heavy atom. The molecule has 0 heterocycles. The lowest BCUT2D eigenvalue weighted by molar-refractivity contribution is -0.138. The number of amides is 1. The largest absolute Gasteiger partial charge is 0.497 e. The van der Waals surface area contributed by atoms with Gasteiger partial charge in [0.05, 0.1) is 32.2 Å². The van der Waals surface area contributed by atoms with Gasteiger partial charge in [-0.2, -0.15) is 13.2 Å². The first kappa shape index (κ1) is 35.7. The van der Waals surface area contributed by atoms with Crippen molar-refractivity contribution in [3.8, 4) is 33.8 Å². The summed E-state index contributed by atoms with van der Waals surface area (Å²) in [5, 5.41) is 13.3. The molecule has 5 rings (SSSR count). The number of nitrogens with one attached hydrogen (secondary N) is 1.